The first-order valence-electron chi connectivity index (χ1n) is 3.75. The van der Waals surface area contributed by atoms with Crippen LogP contribution < -0.4 is 5.73 Å². The van der Waals surface area contributed by atoms with Crippen molar-refractivity contribution in [1.82, 2.24) is 0 Å². The molecule has 0 aromatic heterocycles. The molecule has 1 fully saturated rings. The lowest BCUT2D eigenvalue weighted by Gasteiger charge is -2.27. The molecule has 0 spiro atoms. The van der Waals surface area contributed by atoms with E-state index < -0.39 is 5.97 Å². The maximum absolute atomic E-state index is 10.3. The van der Waals surface area contributed by atoms with E-state index in [4.69, 9.17) is 15.6 Å². The molecule has 0 radical (unpaired) electrons. The summed E-state index contributed by atoms with van der Waals surface area (Å²) in [6, 6.07) is -0.0974. The molecule has 1 saturated heterocycles. The first kappa shape index (κ1) is 8.49. The van der Waals surface area contributed by atoms with Gasteiger partial charge in [-0.1, -0.05) is 0 Å². The van der Waals surface area contributed by atoms with E-state index in [1.807, 2.05) is 0 Å². The van der Waals surface area contributed by atoms with Gasteiger partial charge in [0.25, 0.3) is 0 Å². The van der Waals surface area contributed by atoms with E-state index in [2.05, 4.69) is 0 Å². The maximum atomic E-state index is 10.3. The van der Waals surface area contributed by atoms with Crippen molar-refractivity contribution >= 4 is 5.97 Å². The Hall–Kier alpha value is -0.610. The van der Waals surface area contributed by atoms with Crippen molar-refractivity contribution in [2.24, 2.45) is 11.7 Å². The summed E-state index contributed by atoms with van der Waals surface area (Å²) in [7, 11) is 0. The second-order valence-electron chi connectivity index (χ2n) is 2.89. The van der Waals surface area contributed by atoms with Crippen molar-refractivity contribution in [3.8, 4) is 0 Å². The monoisotopic (exact) mass is 159 g/mol. The molecule has 2 atom stereocenters. The summed E-state index contributed by atoms with van der Waals surface area (Å²) in [5.41, 5.74) is 5.64. The van der Waals surface area contributed by atoms with Crippen LogP contribution in [0.1, 0.15) is 12.8 Å². The van der Waals surface area contributed by atoms with E-state index in [9.17, 15) is 4.79 Å². The first-order valence-corrected chi connectivity index (χ1v) is 3.75. The lowest BCUT2D eigenvalue weighted by molar-refractivity contribution is -0.139. The van der Waals surface area contributed by atoms with E-state index in [0.29, 0.717) is 13.2 Å². The van der Waals surface area contributed by atoms with Crippen molar-refractivity contribution in [2.75, 3.05) is 13.2 Å². The van der Waals surface area contributed by atoms with E-state index >= 15 is 0 Å². The van der Waals surface area contributed by atoms with Crippen LogP contribution in [0.4, 0.5) is 0 Å². The third kappa shape index (κ3) is 2.48. The van der Waals surface area contributed by atoms with Crippen molar-refractivity contribution < 1.29 is 14.6 Å². The van der Waals surface area contributed by atoms with Gasteiger partial charge in [0.1, 0.15) is 0 Å². The highest BCUT2D eigenvalue weighted by atomic mass is 16.5. The summed E-state index contributed by atoms with van der Waals surface area (Å²) < 4.78 is 5.08. The van der Waals surface area contributed by atoms with E-state index in [1.54, 1.807) is 0 Å². The molecule has 0 aromatic carbocycles. The zero-order chi connectivity index (χ0) is 8.27. The number of carboxylic acids is 1. The smallest absolute Gasteiger partial charge is 0.303 e. The molecule has 0 saturated carbocycles. The Morgan fingerprint density at radius 2 is 2.45 bits per heavy atom. The van der Waals surface area contributed by atoms with Crippen molar-refractivity contribution in [2.45, 2.75) is 18.9 Å². The second-order valence-corrected chi connectivity index (χ2v) is 2.89. The molecule has 0 aliphatic carbocycles. The Morgan fingerprint density at radius 1 is 1.73 bits per heavy atom. The zero-order valence-electron chi connectivity index (χ0n) is 6.32. The topological polar surface area (TPSA) is 72.5 Å². The normalized spacial score (nSPS) is 31.7. The van der Waals surface area contributed by atoms with Crippen molar-refractivity contribution in [3.05, 3.63) is 0 Å². The van der Waals surface area contributed by atoms with Gasteiger partial charge in [0.2, 0.25) is 0 Å². The zero-order valence-corrected chi connectivity index (χ0v) is 6.32. The molecular formula is C7H13NO3. The molecule has 0 unspecified atom stereocenters. The fraction of sp³-hybridized carbons (Fsp3) is 0.857. The number of nitrogens with two attached hydrogens (primary N) is 1. The standard InChI is InChI=1S/C7H13NO3/c8-6-4-11-2-1-5(6)3-7(9)10/h5-6H,1-4,8H2,(H,9,10)/t5-,6-/m1/s1. The van der Waals surface area contributed by atoms with Gasteiger partial charge in [-0.2, -0.15) is 0 Å². The van der Waals surface area contributed by atoms with Gasteiger partial charge < -0.3 is 15.6 Å². The fourth-order valence-electron chi connectivity index (χ4n) is 1.28. The molecule has 4 heteroatoms. The number of ether oxygens (including phenoxy) is 1. The highest BCUT2D eigenvalue weighted by Gasteiger charge is 2.24. The third-order valence-corrected chi connectivity index (χ3v) is 1.99. The average Bonchev–Trinajstić information content (AvgIpc) is 1.93. The van der Waals surface area contributed by atoms with Gasteiger partial charge >= 0.3 is 5.97 Å². The van der Waals surface area contributed by atoms with Crippen LogP contribution in [-0.2, 0) is 9.53 Å². The summed E-state index contributed by atoms with van der Waals surface area (Å²) in [5, 5.41) is 8.49. The van der Waals surface area contributed by atoms with Crippen LogP contribution in [0.5, 0.6) is 0 Å². The molecule has 11 heavy (non-hydrogen) atoms. The number of hydrogen-bond donors (Lipinski definition) is 2. The Balaban J connectivity index is 2.35. The molecule has 0 bridgehead atoms. The van der Waals surface area contributed by atoms with Crippen LogP contribution in [0.15, 0.2) is 0 Å². The highest BCUT2D eigenvalue weighted by molar-refractivity contribution is 5.67. The van der Waals surface area contributed by atoms with Crippen molar-refractivity contribution in [1.29, 1.82) is 0 Å². The first-order chi connectivity index (χ1) is 5.20. The molecule has 1 aliphatic heterocycles. The lowest BCUT2D eigenvalue weighted by Crippen LogP contribution is -2.40. The summed E-state index contributed by atoms with van der Waals surface area (Å²) in [4.78, 5) is 10.3. The Labute approximate surface area is 65.3 Å². The minimum atomic E-state index is -0.771. The summed E-state index contributed by atoms with van der Waals surface area (Å²) in [5.74, 6) is -0.673. The summed E-state index contributed by atoms with van der Waals surface area (Å²) >= 11 is 0. The van der Waals surface area contributed by atoms with Gasteiger partial charge in [0, 0.05) is 19.1 Å². The SMILES string of the molecule is N[C@@H]1COCC[C@@H]1CC(=O)O. The predicted octanol–water partition coefficient (Wildman–Crippen LogP) is -0.175. The van der Waals surface area contributed by atoms with E-state index in [1.165, 1.54) is 0 Å². The number of carbonyl (C=O) groups is 1. The number of aliphatic carboxylic acids is 1. The van der Waals surface area contributed by atoms with E-state index in [0.717, 1.165) is 6.42 Å². The molecule has 1 aliphatic rings. The molecule has 4 nitrogen and oxygen atoms in total. The molecule has 1 rings (SSSR count). The highest BCUT2D eigenvalue weighted by Crippen LogP contribution is 2.17. The largest absolute Gasteiger partial charge is 0.481 e. The van der Waals surface area contributed by atoms with Gasteiger partial charge in [0.05, 0.1) is 6.61 Å². The Kier molecular flexibility index (Phi) is 2.84. The van der Waals surface area contributed by atoms with Crippen LogP contribution in [0.25, 0.3) is 0 Å². The minimum Gasteiger partial charge on any atom is -0.481 e. The van der Waals surface area contributed by atoms with E-state index in [-0.39, 0.29) is 18.4 Å². The Bertz CT molecular complexity index is 149. The fourth-order valence-corrected chi connectivity index (χ4v) is 1.28. The Morgan fingerprint density at radius 3 is 3.00 bits per heavy atom. The molecule has 3 N–H and O–H groups in total. The molecule has 0 amide bonds. The van der Waals surface area contributed by atoms with Crippen molar-refractivity contribution in [3.63, 3.8) is 0 Å². The van der Waals surface area contributed by atoms with Crippen LogP contribution in [-0.4, -0.2) is 30.3 Å². The quantitative estimate of drug-likeness (QED) is 0.586. The molecule has 64 valence electrons. The molecule has 1 heterocycles. The van der Waals surface area contributed by atoms with Gasteiger partial charge in [-0.3, -0.25) is 4.79 Å². The minimum absolute atomic E-state index is 0.0974. The number of carboxylic acid groups (broad SMARTS) is 1. The molecular weight excluding hydrogens is 146 g/mol. The van der Waals surface area contributed by atoms with Crippen LogP contribution in [0.3, 0.4) is 0 Å². The van der Waals surface area contributed by atoms with Gasteiger partial charge in [-0.25, -0.2) is 0 Å². The second kappa shape index (κ2) is 3.69. The predicted molar refractivity (Wildman–Crippen MR) is 39.2 cm³/mol. The van der Waals surface area contributed by atoms with Crippen LogP contribution >= 0.6 is 0 Å². The average molecular weight is 159 g/mol. The lowest BCUT2D eigenvalue weighted by atomic mass is 9.92. The summed E-state index contributed by atoms with van der Waals surface area (Å²) in [6.45, 7) is 1.14. The van der Waals surface area contributed by atoms with Crippen LogP contribution in [0.2, 0.25) is 0 Å². The number of rotatable bonds is 2. The third-order valence-electron chi connectivity index (χ3n) is 1.99. The van der Waals surface area contributed by atoms with Gasteiger partial charge in [0.15, 0.2) is 0 Å². The van der Waals surface area contributed by atoms with Crippen LogP contribution in [0, 0.1) is 5.92 Å². The van der Waals surface area contributed by atoms with Gasteiger partial charge in [-0.15, -0.1) is 0 Å². The number of hydrogen-bond acceptors (Lipinski definition) is 3. The van der Waals surface area contributed by atoms with Gasteiger partial charge in [-0.05, 0) is 12.3 Å². The molecule has 0 aromatic rings. The summed E-state index contributed by atoms with van der Waals surface area (Å²) in [6.07, 6.45) is 0.942. The maximum Gasteiger partial charge on any atom is 0.303 e.